The first-order chi connectivity index (χ1) is 5.70. The van der Waals surface area contributed by atoms with E-state index < -0.39 is 5.97 Å². The lowest BCUT2D eigenvalue weighted by Gasteiger charge is -2.03. The van der Waals surface area contributed by atoms with Crippen LogP contribution in [0.2, 0.25) is 0 Å². The Kier molecular flexibility index (Phi) is 5.94. The van der Waals surface area contributed by atoms with Crippen molar-refractivity contribution in [2.75, 3.05) is 26.2 Å². The number of nitrogens with one attached hydrogen (secondary N) is 1. The first-order valence-electron chi connectivity index (χ1n) is 3.53. The van der Waals surface area contributed by atoms with Gasteiger partial charge in [0, 0.05) is 6.54 Å². The van der Waals surface area contributed by atoms with Crippen LogP contribution in [-0.2, 0) is 14.3 Å². The number of hydrogen-bond acceptors (Lipinski definition) is 5. The van der Waals surface area contributed by atoms with Crippen molar-refractivity contribution in [3.8, 4) is 0 Å². The molecule has 0 aliphatic heterocycles. The molecule has 0 atom stereocenters. The molecular weight excluding hydrogens is 162 g/mol. The molecule has 12 heavy (non-hydrogen) atoms. The first kappa shape index (κ1) is 10.9. The normalized spacial score (nSPS) is 9.17. The Morgan fingerprint density at radius 1 is 1.33 bits per heavy atom. The monoisotopic (exact) mass is 175 g/mol. The first-order valence-corrected chi connectivity index (χ1v) is 3.53. The number of nitrogens with two attached hydrogens (primary N) is 2. The zero-order valence-electron chi connectivity index (χ0n) is 6.71. The van der Waals surface area contributed by atoms with Gasteiger partial charge in [-0.1, -0.05) is 0 Å². The summed E-state index contributed by atoms with van der Waals surface area (Å²) in [5, 5.41) is 2.26. The van der Waals surface area contributed by atoms with Crippen molar-refractivity contribution in [2.45, 2.75) is 0 Å². The Balaban J connectivity index is 3.37. The lowest BCUT2D eigenvalue weighted by Crippen LogP contribution is -2.35. The minimum Gasteiger partial charge on any atom is -0.463 e. The minimum absolute atomic E-state index is 0.135. The van der Waals surface area contributed by atoms with Crippen LogP contribution in [0.1, 0.15) is 0 Å². The number of rotatable bonds is 5. The predicted octanol–water partition coefficient (Wildman–Crippen LogP) is -2.44. The topological polar surface area (TPSA) is 107 Å². The number of esters is 1. The molecular formula is C6H13N3O3. The van der Waals surface area contributed by atoms with E-state index >= 15 is 0 Å². The van der Waals surface area contributed by atoms with Gasteiger partial charge in [0.15, 0.2) is 0 Å². The van der Waals surface area contributed by atoms with Gasteiger partial charge in [-0.25, -0.2) is 0 Å². The third-order valence-electron chi connectivity index (χ3n) is 0.996. The van der Waals surface area contributed by atoms with Gasteiger partial charge in [0.2, 0.25) is 5.91 Å². The van der Waals surface area contributed by atoms with E-state index in [1.165, 1.54) is 0 Å². The molecule has 0 fully saturated rings. The van der Waals surface area contributed by atoms with Crippen LogP contribution >= 0.6 is 0 Å². The van der Waals surface area contributed by atoms with Crippen LogP contribution in [0.3, 0.4) is 0 Å². The second-order valence-corrected chi connectivity index (χ2v) is 1.99. The van der Waals surface area contributed by atoms with Crippen molar-refractivity contribution in [3.63, 3.8) is 0 Å². The summed E-state index contributed by atoms with van der Waals surface area (Å²) in [6.07, 6.45) is 0. The highest BCUT2D eigenvalue weighted by atomic mass is 16.5. The van der Waals surface area contributed by atoms with E-state index in [0.29, 0.717) is 0 Å². The van der Waals surface area contributed by atoms with E-state index in [9.17, 15) is 9.59 Å². The SMILES string of the molecule is NCCOC(=O)CNC(=O)CN. The van der Waals surface area contributed by atoms with Gasteiger partial charge in [0.25, 0.3) is 0 Å². The van der Waals surface area contributed by atoms with Crippen molar-refractivity contribution >= 4 is 11.9 Å². The highest BCUT2D eigenvalue weighted by Gasteiger charge is 2.03. The highest BCUT2D eigenvalue weighted by Crippen LogP contribution is 1.74. The number of amides is 1. The molecule has 0 rings (SSSR count). The molecule has 70 valence electrons. The molecule has 0 aromatic rings. The Morgan fingerprint density at radius 2 is 2.00 bits per heavy atom. The van der Waals surface area contributed by atoms with Gasteiger partial charge >= 0.3 is 5.97 Å². The van der Waals surface area contributed by atoms with Crippen LogP contribution in [0.25, 0.3) is 0 Å². The molecule has 0 unspecified atom stereocenters. The molecule has 6 heteroatoms. The third-order valence-corrected chi connectivity index (χ3v) is 0.996. The van der Waals surface area contributed by atoms with Crippen LogP contribution in [0.15, 0.2) is 0 Å². The van der Waals surface area contributed by atoms with Crippen LogP contribution in [-0.4, -0.2) is 38.1 Å². The van der Waals surface area contributed by atoms with Gasteiger partial charge in [0.05, 0.1) is 6.54 Å². The second-order valence-electron chi connectivity index (χ2n) is 1.99. The molecule has 0 saturated heterocycles. The molecule has 6 nitrogen and oxygen atoms in total. The smallest absolute Gasteiger partial charge is 0.325 e. The Morgan fingerprint density at radius 3 is 2.50 bits per heavy atom. The van der Waals surface area contributed by atoms with Crippen molar-refractivity contribution in [3.05, 3.63) is 0 Å². The van der Waals surface area contributed by atoms with Crippen molar-refractivity contribution in [1.82, 2.24) is 5.32 Å². The van der Waals surface area contributed by atoms with Gasteiger partial charge in [-0.05, 0) is 0 Å². The zero-order chi connectivity index (χ0) is 9.40. The van der Waals surface area contributed by atoms with Crippen LogP contribution in [0.4, 0.5) is 0 Å². The lowest BCUT2D eigenvalue weighted by atomic mass is 10.5. The molecule has 0 spiro atoms. The maximum absolute atomic E-state index is 10.7. The van der Waals surface area contributed by atoms with Gasteiger partial charge < -0.3 is 21.5 Å². The maximum atomic E-state index is 10.7. The fraction of sp³-hybridized carbons (Fsp3) is 0.667. The second kappa shape index (κ2) is 6.56. The number of carbonyl (C=O) groups is 2. The van der Waals surface area contributed by atoms with Gasteiger partial charge in [-0.3, -0.25) is 9.59 Å². The molecule has 0 radical (unpaired) electrons. The zero-order valence-corrected chi connectivity index (χ0v) is 6.71. The van der Waals surface area contributed by atoms with E-state index in [0.717, 1.165) is 0 Å². The molecule has 5 N–H and O–H groups in total. The quantitative estimate of drug-likeness (QED) is 0.402. The molecule has 0 heterocycles. The summed E-state index contributed by atoms with van der Waals surface area (Å²) in [4.78, 5) is 21.2. The summed E-state index contributed by atoms with van der Waals surface area (Å²) < 4.78 is 4.57. The van der Waals surface area contributed by atoms with Crippen LogP contribution in [0.5, 0.6) is 0 Å². The highest BCUT2D eigenvalue weighted by molar-refractivity contribution is 5.82. The Labute approximate surface area is 70.2 Å². The summed E-state index contributed by atoms with van der Waals surface area (Å²) in [5.41, 5.74) is 10.0. The molecule has 0 aliphatic carbocycles. The third kappa shape index (κ3) is 5.63. The van der Waals surface area contributed by atoms with Gasteiger partial charge in [-0.2, -0.15) is 0 Å². The van der Waals surface area contributed by atoms with E-state index in [1.807, 2.05) is 0 Å². The van der Waals surface area contributed by atoms with E-state index in [2.05, 4.69) is 10.1 Å². The average molecular weight is 175 g/mol. The predicted molar refractivity (Wildman–Crippen MR) is 42.1 cm³/mol. The lowest BCUT2D eigenvalue weighted by molar-refractivity contribution is -0.143. The maximum Gasteiger partial charge on any atom is 0.325 e. The fourth-order valence-electron chi connectivity index (χ4n) is 0.467. The van der Waals surface area contributed by atoms with E-state index in [-0.39, 0.29) is 32.1 Å². The summed E-state index contributed by atoms with van der Waals surface area (Å²) >= 11 is 0. The summed E-state index contributed by atoms with van der Waals surface area (Å²) in [5.74, 6) is -0.901. The van der Waals surface area contributed by atoms with Gasteiger partial charge in [0.1, 0.15) is 13.2 Å². The average Bonchev–Trinajstić information content (AvgIpc) is 2.10. The number of hydrogen-bond donors (Lipinski definition) is 3. The van der Waals surface area contributed by atoms with Crippen LogP contribution in [0, 0.1) is 0 Å². The summed E-state index contributed by atoms with van der Waals surface area (Å²) in [6.45, 7) is 0.147. The summed E-state index contributed by atoms with van der Waals surface area (Å²) in [6, 6.07) is 0. The fourth-order valence-corrected chi connectivity index (χ4v) is 0.467. The minimum atomic E-state index is -0.512. The largest absolute Gasteiger partial charge is 0.463 e. The summed E-state index contributed by atoms with van der Waals surface area (Å²) in [7, 11) is 0. The Bertz CT molecular complexity index is 160. The Hall–Kier alpha value is -1.14. The van der Waals surface area contributed by atoms with Crippen molar-refractivity contribution < 1.29 is 14.3 Å². The van der Waals surface area contributed by atoms with E-state index in [4.69, 9.17) is 11.5 Å². The number of carbonyl (C=O) groups excluding carboxylic acids is 2. The van der Waals surface area contributed by atoms with Gasteiger partial charge in [-0.15, -0.1) is 0 Å². The van der Waals surface area contributed by atoms with E-state index in [1.54, 1.807) is 0 Å². The molecule has 0 aromatic carbocycles. The number of ether oxygens (including phenoxy) is 1. The molecule has 0 bridgehead atoms. The molecule has 1 amide bonds. The van der Waals surface area contributed by atoms with Crippen molar-refractivity contribution in [2.24, 2.45) is 11.5 Å². The van der Waals surface area contributed by atoms with Crippen LogP contribution < -0.4 is 16.8 Å². The molecule has 0 aliphatic rings. The molecule has 0 aromatic heterocycles. The van der Waals surface area contributed by atoms with Crippen molar-refractivity contribution in [1.29, 1.82) is 0 Å². The standard InChI is InChI=1S/C6H13N3O3/c7-1-2-12-6(11)4-9-5(10)3-8/h1-4,7-8H2,(H,9,10). The molecule has 0 saturated carbocycles.